The van der Waals surface area contributed by atoms with Crippen molar-refractivity contribution in [2.75, 3.05) is 0 Å². The van der Waals surface area contributed by atoms with E-state index in [1.807, 2.05) is 0 Å². The molecule has 0 amide bonds. The van der Waals surface area contributed by atoms with Crippen LogP contribution >= 0.6 is 12.2 Å². The first kappa shape index (κ1) is 11.4. The Kier molecular flexibility index (Phi) is 6.66. The molecular weight excluding hydrogens is 170 g/mol. The highest BCUT2D eigenvalue weighted by molar-refractivity contribution is 7.80. The molecule has 0 aromatic heterocycles. The zero-order valence-electron chi connectivity index (χ0n) is 7.76. The Morgan fingerprint density at radius 2 is 2.17 bits per heavy atom. The molecule has 0 saturated carbocycles. The lowest BCUT2D eigenvalue weighted by molar-refractivity contribution is 0.817. The van der Waals surface area contributed by atoms with E-state index < -0.39 is 0 Å². The van der Waals surface area contributed by atoms with Gasteiger partial charge < -0.3 is 5.73 Å². The fraction of sp³-hybridized carbons (Fsp3) is 0.750. The highest BCUT2D eigenvalue weighted by Gasteiger charge is 1.95. The van der Waals surface area contributed by atoms with Gasteiger partial charge in [0.15, 0.2) is 5.11 Å². The highest BCUT2D eigenvalue weighted by Crippen LogP contribution is 1.99. The molecule has 0 aliphatic carbocycles. The van der Waals surface area contributed by atoms with Crippen molar-refractivity contribution in [1.82, 2.24) is 5.43 Å². The maximum Gasteiger partial charge on any atom is 0.184 e. The van der Waals surface area contributed by atoms with Gasteiger partial charge in [-0.15, -0.1) is 0 Å². The number of thiocarbonyl (C=S) groups is 1. The Morgan fingerprint density at radius 1 is 1.50 bits per heavy atom. The molecule has 0 aliphatic heterocycles. The molecule has 12 heavy (non-hydrogen) atoms. The summed E-state index contributed by atoms with van der Waals surface area (Å²) in [6.45, 7) is 4.24. The van der Waals surface area contributed by atoms with E-state index in [9.17, 15) is 0 Å². The Hall–Kier alpha value is -0.640. The summed E-state index contributed by atoms with van der Waals surface area (Å²) in [5.41, 5.74) is 8.97. The van der Waals surface area contributed by atoms with Crippen LogP contribution in [0.1, 0.15) is 39.5 Å². The molecular formula is C8H17N3S. The van der Waals surface area contributed by atoms with E-state index in [1.54, 1.807) is 0 Å². The van der Waals surface area contributed by atoms with Gasteiger partial charge in [0.2, 0.25) is 0 Å². The fourth-order valence-electron chi connectivity index (χ4n) is 0.827. The third-order valence-corrected chi connectivity index (χ3v) is 1.64. The summed E-state index contributed by atoms with van der Waals surface area (Å²) in [7, 11) is 0. The number of nitrogens with one attached hydrogen (secondary N) is 1. The van der Waals surface area contributed by atoms with Crippen LogP contribution in [0, 0.1) is 0 Å². The van der Waals surface area contributed by atoms with Crippen LogP contribution in [0.25, 0.3) is 0 Å². The first-order valence-electron chi connectivity index (χ1n) is 4.31. The van der Waals surface area contributed by atoms with Crippen LogP contribution in [-0.2, 0) is 0 Å². The lowest BCUT2D eigenvalue weighted by Gasteiger charge is -2.02. The van der Waals surface area contributed by atoms with Crippen molar-refractivity contribution in [2.45, 2.75) is 39.5 Å². The lowest BCUT2D eigenvalue weighted by Crippen LogP contribution is -2.25. The van der Waals surface area contributed by atoms with E-state index in [0.29, 0.717) is 0 Å². The molecule has 0 rings (SSSR count). The van der Waals surface area contributed by atoms with Crippen LogP contribution in [0.2, 0.25) is 0 Å². The SMILES string of the molecule is CCCCC(CC)=NNC(N)=S. The predicted molar refractivity (Wildman–Crippen MR) is 57.2 cm³/mol. The van der Waals surface area contributed by atoms with Crippen LogP contribution < -0.4 is 11.2 Å². The lowest BCUT2D eigenvalue weighted by atomic mass is 10.1. The van der Waals surface area contributed by atoms with Crippen LogP contribution in [0.15, 0.2) is 5.10 Å². The molecule has 0 atom stereocenters. The van der Waals surface area contributed by atoms with Gasteiger partial charge in [-0.3, -0.25) is 5.43 Å². The molecule has 3 N–H and O–H groups in total. The second kappa shape index (κ2) is 7.03. The molecule has 0 aromatic carbocycles. The van der Waals surface area contributed by atoms with Gasteiger partial charge >= 0.3 is 0 Å². The largest absolute Gasteiger partial charge is 0.375 e. The average Bonchev–Trinajstić information content (AvgIpc) is 2.05. The maximum absolute atomic E-state index is 5.24. The number of unbranched alkanes of at least 4 members (excludes halogenated alkanes) is 1. The van der Waals surface area contributed by atoms with Crippen molar-refractivity contribution < 1.29 is 0 Å². The zero-order chi connectivity index (χ0) is 9.40. The van der Waals surface area contributed by atoms with Gasteiger partial charge in [-0.2, -0.15) is 5.10 Å². The van der Waals surface area contributed by atoms with Crippen molar-refractivity contribution in [2.24, 2.45) is 10.8 Å². The standard InChI is InChI=1S/C8H17N3S/c1-3-5-6-7(4-2)10-11-8(9)12/h3-6H2,1-2H3,(H3,9,11,12). The van der Waals surface area contributed by atoms with Crippen LogP contribution in [0.4, 0.5) is 0 Å². The van der Waals surface area contributed by atoms with Crippen molar-refractivity contribution in [3.63, 3.8) is 0 Å². The molecule has 0 bridgehead atoms. The second-order valence-corrected chi connectivity index (χ2v) is 3.05. The molecule has 70 valence electrons. The quantitative estimate of drug-likeness (QED) is 0.392. The second-order valence-electron chi connectivity index (χ2n) is 2.61. The van der Waals surface area contributed by atoms with E-state index in [1.165, 1.54) is 12.8 Å². The van der Waals surface area contributed by atoms with Crippen molar-refractivity contribution in [3.8, 4) is 0 Å². The fourth-order valence-corrected chi connectivity index (χ4v) is 0.872. The molecule has 0 heterocycles. The average molecular weight is 187 g/mol. The first-order valence-corrected chi connectivity index (χ1v) is 4.72. The number of nitrogens with zero attached hydrogens (tertiary/aromatic N) is 1. The molecule has 0 aromatic rings. The molecule has 4 heteroatoms. The molecule has 3 nitrogen and oxygen atoms in total. The number of hydrazone groups is 1. The van der Waals surface area contributed by atoms with Crippen LogP contribution in [0.3, 0.4) is 0 Å². The van der Waals surface area contributed by atoms with Gasteiger partial charge in [0, 0.05) is 5.71 Å². The third-order valence-electron chi connectivity index (χ3n) is 1.55. The van der Waals surface area contributed by atoms with Crippen molar-refractivity contribution in [3.05, 3.63) is 0 Å². The minimum atomic E-state index is 0.234. The minimum absolute atomic E-state index is 0.234. The smallest absolute Gasteiger partial charge is 0.184 e. The predicted octanol–water partition coefficient (Wildman–Crippen LogP) is 1.78. The topological polar surface area (TPSA) is 50.4 Å². The van der Waals surface area contributed by atoms with Gasteiger partial charge in [0.1, 0.15) is 0 Å². The van der Waals surface area contributed by atoms with E-state index in [2.05, 4.69) is 36.6 Å². The van der Waals surface area contributed by atoms with Gasteiger partial charge in [-0.1, -0.05) is 20.3 Å². The van der Waals surface area contributed by atoms with Crippen LogP contribution in [-0.4, -0.2) is 10.8 Å². The summed E-state index contributed by atoms with van der Waals surface area (Å²) < 4.78 is 0. The van der Waals surface area contributed by atoms with Gasteiger partial charge in [0.05, 0.1) is 0 Å². The molecule has 0 aliphatic rings. The Morgan fingerprint density at radius 3 is 2.58 bits per heavy atom. The molecule has 0 saturated heterocycles. The summed E-state index contributed by atoms with van der Waals surface area (Å²) in [6, 6.07) is 0. The van der Waals surface area contributed by atoms with Crippen molar-refractivity contribution >= 4 is 23.0 Å². The molecule has 0 unspecified atom stereocenters. The van der Waals surface area contributed by atoms with E-state index in [0.717, 1.165) is 18.6 Å². The Labute approximate surface area is 79.4 Å². The zero-order valence-corrected chi connectivity index (χ0v) is 8.58. The maximum atomic E-state index is 5.24. The summed E-state index contributed by atoms with van der Waals surface area (Å²) >= 11 is 4.63. The van der Waals surface area contributed by atoms with E-state index >= 15 is 0 Å². The number of nitrogens with two attached hydrogens (primary N) is 1. The number of hydrogen-bond donors (Lipinski definition) is 2. The van der Waals surface area contributed by atoms with E-state index in [4.69, 9.17) is 5.73 Å². The minimum Gasteiger partial charge on any atom is -0.375 e. The van der Waals surface area contributed by atoms with Gasteiger partial charge in [-0.05, 0) is 31.5 Å². The monoisotopic (exact) mass is 187 g/mol. The normalized spacial score (nSPS) is 11.3. The Bertz CT molecular complexity index is 166. The number of hydrogen-bond acceptors (Lipinski definition) is 2. The first-order chi connectivity index (χ1) is 5.70. The molecule has 0 radical (unpaired) electrons. The molecule has 0 spiro atoms. The molecule has 0 fully saturated rings. The van der Waals surface area contributed by atoms with Crippen molar-refractivity contribution in [1.29, 1.82) is 0 Å². The third kappa shape index (κ3) is 6.09. The highest BCUT2D eigenvalue weighted by atomic mass is 32.1. The van der Waals surface area contributed by atoms with Gasteiger partial charge in [0.25, 0.3) is 0 Å². The van der Waals surface area contributed by atoms with Gasteiger partial charge in [-0.25, -0.2) is 0 Å². The summed E-state index contributed by atoms with van der Waals surface area (Å²) in [5, 5.41) is 4.31. The summed E-state index contributed by atoms with van der Waals surface area (Å²) in [6.07, 6.45) is 4.34. The summed E-state index contributed by atoms with van der Waals surface area (Å²) in [4.78, 5) is 0. The van der Waals surface area contributed by atoms with Crippen LogP contribution in [0.5, 0.6) is 0 Å². The number of rotatable bonds is 5. The van der Waals surface area contributed by atoms with E-state index in [-0.39, 0.29) is 5.11 Å². The summed E-state index contributed by atoms with van der Waals surface area (Å²) in [5.74, 6) is 0. The Balaban J connectivity index is 3.78.